The second-order valence-corrected chi connectivity index (χ2v) is 6.27. The molecule has 19 heavy (non-hydrogen) atoms. The van der Waals surface area contributed by atoms with Gasteiger partial charge in [0, 0.05) is 32.3 Å². The highest BCUT2D eigenvalue weighted by molar-refractivity contribution is 7.89. The van der Waals surface area contributed by atoms with E-state index in [2.05, 4.69) is 10.3 Å². The van der Waals surface area contributed by atoms with E-state index in [0.29, 0.717) is 5.82 Å². The molecule has 1 heterocycles. The molecule has 0 aromatic carbocycles. The molecule has 1 aromatic rings. The van der Waals surface area contributed by atoms with Gasteiger partial charge in [0.2, 0.25) is 10.0 Å². The first-order valence-corrected chi connectivity index (χ1v) is 7.56. The zero-order valence-corrected chi connectivity index (χ0v) is 11.5. The molecule has 1 saturated carbocycles. The van der Waals surface area contributed by atoms with E-state index in [1.807, 2.05) is 6.07 Å². The van der Waals surface area contributed by atoms with E-state index in [9.17, 15) is 8.42 Å². The van der Waals surface area contributed by atoms with Crippen LogP contribution in [0.3, 0.4) is 0 Å². The normalized spacial score (nSPS) is 15.2. The molecule has 0 spiro atoms. The highest BCUT2D eigenvalue weighted by atomic mass is 32.2. The molecule has 0 saturated heterocycles. The van der Waals surface area contributed by atoms with E-state index in [4.69, 9.17) is 5.26 Å². The summed E-state index contributed by atoms with van der Waals surface area (Å²) < 4.78 is 26.4. The molecule has 7 heteroatoms. The molecular formula is C12H16N4O2S. The summed E-state index contributed by atoms with van der Waals surface area (Å²) in [7, 11) is -1.82. The zero-order valence-electron chi connectivity index (χ0n) is 10.7. The minimum atomic E-state index is -3.54. The average Bonchev–Trinajstić information content (AvgIpc) is 3.23. The van der Waals surface area contributed by atoms with Crippen molar-refractivity contribution in [2.45, 2.75) is 30.2 Å². The Labute approximate surface area is 113 Å². The summed E-state index contributed by atoms with van der Waals surface area (Å²) in [6, 6.07) is 5.20. The molecule has 0 atom stereocenters. The Morgan fingerprint density at radius 2 is 2.26 bits per heavy atom. The van der Waals surface area contributed by atoms with Gasteiger partial charge in [0.15, 0.2) is 0 Å². The van der Waals surface area contributed by atoms with E-state index in [0.717, 1.165) is 12.8 Å². The zero-order chi connectivity index (χ0) is 13.9. The molecule has 2 rings (SSSR count). The van der Waals surface area contributed by atoms with Crippen LogP contribution in [0.15, 0.2) is 23.2 Å². The number of anilines is 1. The van der Waals surface area contributed by atoms with Gasteiger partial charge >= 0.3 is 0 Å². The third kappa shape index (κ3) is 3.03. The van der Waals surface area contributed by atoms with Gasteiger partial charge in [-0.05, 0) is 25.0 Å². The first-order chi connectivity index (χ1) is 9.09. The molecule has 0 radical (unpaired) electrons. The molecule has 1 N–H and O–H groups in total. The van der Waals surface area contributed by atoms with Gasteiger partial charge in [-0.25, -0.2) is 13.4 Å². The van der Waals surface area contributed by atoms with Gasteiger partial charge in [-0.1, -0.05) is 0 Å². The molecule has 1 aromatic heterocycles. The second kappa shape index (κ2) is 5.55. The van der Waals surface area contributed by atoms with Crippen molar-refractivity contribution in [3.8, 4) is 6.07 Å². The summed E-state index contributed by atoms with van der Waals surface area (Å²) in [6.45, 7) is 0.247. The second-order valence-electron chi connectivity index (χ2n) is 4.38. The monoisotopic (exact) mass is 280 g/mol. The molecule has 0 unspecified atom stereocenters. The topological polar surface area (TPSA) is 86.1 Å². The predicted octanol–water partition coefficient (Wildman–Crippen LogP) is 1.19. The Morgan fingerprint density at radius 1 is 1.53 bits per heavy atom. The number of nitrogens with zero attached hydrogens (tertiary/aromatic N) is 3. The number of nitrogens with one attached hydrogen (secondary N) is 1. The lowest BCUT2D eigenvalue weighted by Crippen LogP contribution is -2.34. The summed E-state index contributed by atoms with van der Waals surface area (Å²) in [6.07, 6.45) is 3.29. The van der Waals surface area contributed by atoms with Crippen molar-refractivity contribution in [2.24, 2.45) is 0 Å². The molecule has 6 nitrogen and oxygen atoms in total. The van der Waals surface area contributed by atoms with Crippen LogP contribution in [-0.2, 0) is 10.0 Å². The number of pyridine rings is 1. The maximum atomic E-state index is 12.5. The summed E-state index contributed by atoms with van der Waals surface area (Å²) >= 11 is 0. The fourth-order valence-corrected chi connectivity index (χ4v) is 3.47. The summed E-state index contributed by atoms with van der Waals surface area (Å²) in [5.41, 5.74) is 0. The van der Waals surface area contributed by atoms with Gasteiger partial charge in [-0.15, -0.1) is 0 Å². The van der Waals surface area contributed by atoms with Crippen LogP contribution >= 0.6 is 0 Å². The SMILES string of the molecule is CNc1ccc(S(=O)(=O)N(CCC#N)C2CC2)cn1. The first-order valence-electron chi connectivity index (χ1n) is 6.12. The van der Waals surface area contributed by atoms with Crippen molar-refractivity contribution in [3.05, 3.63) is 18.3 Å². The quantitative estimate of drug-likeness (QED) is 0.846. The number of hydrogen-bond donors (Lipinski definition) is 1. The number of aromatic nitrogens is 1. The van der Waals surface area contributed by atoms with Crippen molar-refractivity contribution >= 4 is 15.8 Å². The lowest BCUT2D eigenvalue weighted by atomic mass is 10.4. The van der Waals surface area contributed by atoms with Crippen molar-refractivity contribution in [1.29, 1.82) is 5.26 Å². The van der Waals surface area contributed by atoms with Gasteiger partial charge in [0.1, 0.15) is 10.7 Å². The maximum Gasteiger partial charge on any atom is 0.244 e. The van der Waals surface area contributed by atoms with Crippen LogP contribution < -0.4 is 5.32 Å². The fraction of sp³-hybridized carbons (Fsp3) is 0.500. The highest BCUT2D eigenvalue weighted by Gasteiger charge is 2.37. The number of hydrogen-bond acceptors (Lipinski definition) is 5. The molecule has 1 fully saturated rings. The van der Waals surface area contributed by atoms with Crippen molar-refractivity contribution in [1.82, 2.24) is 9.29 Å². The summed E-state index contributed by atoms with van der Waals surface area (Å²) in [5.74, 6) is 0.619. The van der Waals surface area contributed by atoms with Crippen LogP contribution in [-0.4, -0.2) is 37.3 Å². The van der Waals surface area contributed by atoms with Crippen LogP contribution in [0, 0.1) is 11.3 Å². The molecule has 0 amide bonds. The number of nitriles is 1. The van der Waals surface area contributed by atoms with Crippen LogP contribution in [0.25, 0.3) is 0 Å². The maximum absolute atomic E-state index is 12.5. The van der Waals surface area contributed by atoms with Crippen LogP contribution in [0.4, 0.5) is 5.82 Å². The first kappa shape index (κ1) is 13.8. The number of sulfonamides is 1. The van der Waals surface area contributed by atoms with Gasteiger partial charge in [-0.2, -0.15) is 9.57 Å². The summed E-state index contributed by atoms with van der Waals surface area (Å²) in [5, 5.41) is 11.5. The Hall–Kier alpha value is -1.65. The molecule has 102 valence electrons. The van der Waals surface area contributed by atoms with E-state index < -0.39 is 10.0 Å². The molecule has 0 aliphatic heterocycles. The molecular weight excluding hydrogens is 264 g/mol. The Bertz CT molecular complexity index is 573. The van der Waals surface area contributed by atoms with E-state index >= 15 is 0 Å². The van der Waals surface area contributed by atoms with Gasteiger partial charge in [0.25, 0.3) is 0 Å². The Balaban J connectivity index is 2.25. The third-order valence-electron chi connectivity index (χ3n) is 3.00. The Kier molecular flexibility index (Phi) is 4.02. The van der Waals surface area contributed by atoms with Gasteiger partial charge in [0.05, 0.1) is 6.07 Å². The predicted molar refractivity (Wildman–Crippen MR) is 70.9 cm³/mol. The lowest BCUT2D eigenvalue weighted by molar-refractivity contribution is 0.410. The lowest BCUT2D eigenvalue weighted by Gasteiger charge is -2.20. The van der Waals surface area contributed by atoms with Crippen molar-refractivity contribution in [3.63, 3.8) is 0 Å². The van der Waals surface area contributed by atoms with E-state index in [1.54, 1.807) is 13.1 Å². The van der Waals surface area contributed by atoms with Crippen LogP contribution in [0.1, 0.15) is 19.3 Å². The average molecular weight is 280 g/mol. The Morgan fingerprint density at radius 3 is 2.74 bits per heavy atom. The molecule has 1 aliphatic carbocycles. The minimum absolute atomic E-state index is 0.0438. The fourth-order valence-electron chi connectivity index (χ4n) is 1.84. The highest BCUT2D eigenvalue weighted by Crippen LogP contribution is 2.32. The van der Waals surface area contributed by atoms with E-state index in [-0.39, 0.29) is 23.9 Å². The van der Waals surface area contributed by atoms with Crippen LogP contribution in [0.2, 0.25) is 0 Å². The molecule has 1 aliphatic rings. The van der Waals surface area contributed by atoms with Gasteiger partial charge in [-0.3, -0.25) is 0 Å². The standard InChI is InChI=1S/C12H16N4O2S/c1-14-12-6-5-11(9-15-12)19(17,18)16(8-2-7-13)10-3-4-10/h5-6,9-10H,2-4,8H2,1H3,(H,14,15). The number of rotatable bonds is 6. The van der Waals surface area contributed by atoms with E-state index in [1.165, 1.54) is 16.6 Å². The van der Waals surface area contributed by atoms with Crippen LogP contribution in [0.5, 0.6) is 0 Å². The third-order valence-corrected chi connectivity index (χ3v) is 4.93. The largest absolute Gasteiger partial charge is 0.373 e. The molecule has 0 bridgehead atoms. The van der Waals surface area contributed by atoms with Gasteiger partial charge < -0.3 is 5.32 Å². The van der Waals surface area contributed by atoms with Crippen molar-refractivity contribution < 1.29 is 8.42 Å². The smallest absolute Gasteiger partial charge is 0.244 e. The minimum Gasteiger partial charge on any atom is -0.373 e. The van der Waals surface area contributed by atoms with Crippen molar-refractivity contribution in [2.75, 3.05) is 18.9 Å². The summed E-state index contributed by atoms with van der Waals surface area (Å²) in [4.78, 5) is 4.20.